The molecule has 3 nitrogen and oxygen atoms in total. The third-order valence-corrected chi connectivity index (χ3v) is 4.40. The number of halogens is 1. The lowest BCUT2D eigenvalue weighted by molar-refractivity contribution is 0.328. The predicted octanol–water partition coefficient (Wildman–Crippen LogP) is 4.76. The fraction of sp³-hybridized carbons (Fsp3) is 0.438. The third kappa shape index (κ3) is 3.42. The number of benzene rings is 1. The fourth-order valence-corrected chi connectivity index (χ4v) is 3.21. The van der Waals surface area contributed by atoms with Gasteiger partial charge in [0.15, 0.2) is 0 Å². The van der Waals surface area contributed by atoms with E-state index in [4.69, 9.17) is 5.10 Å². The SMILES string of the molecule is Brc1cccc(NCc2ccn(C3CCCCC3)n2)c1. The van der Waals surface area contributed by atoms with E-state index in [0.29, 0.717) is 6.04 Å². The third-order valence-electron chi connectivity index (χ3n) is 3.91. The summed E-state index contributed by atoms with van der Waals surface area (Å²) >= 11 is 3.48. The van der Waals surface area contributed by atoms with Crippen LogP contribution in [0.15, 0.2) is 41.0 Å². The van der Waals surface area contributed by atoms with Gasteiger partial charge in [0.05, 0.1) is 18.3 Å². The van der Waals surface area contributed by atoms with Gasteiger partial charge in [-0.05, 0) is 37.1 Å². The van der Waals surface area contributed by atoms with Gasteiger partial charge in [-0.15, -0.1) is 0 Å². The van der Waals surface area contributed by atoms with Gasteiger partial charge in [0.2, 0.25) is 0 Å². The van der Waals surface area contributed by atoms with Crippen molar-refractivity contribution in [3.05, 3.63) is 46.7 Å². The van der Waals surface area contributed by atoms with Crippen molar-refractivity contribution in [2.75, 3.05) is 5.32 Å². The van der Waals surface area contributed by atoms with Crippen LogP contribution in [0.1, 0.15) is 43.8 Å². The van der Waals surface area contributed by atoms with Crippen LogP contribution in [0.3, 0.4) is 0 Å². The van der Waals surface area contributed by atoms with Crippen molar-refractivity contribution >= 4 is 21.6 Å². The molecule has 0 radical (unpaired) electrons. The van der Waals surface area contributed by atoms with E-state index < -0.39 is 0 Å². The minimum absolute atomic E-state index is 0.614. The maximum Gasteiger partial charge on any atom is 0.0815 e. The first-order valence-corrected chi connectivity index (χ1v) is 8.14. The largest absolute Gasteiger partial charge is 0.379 e. The molecule has 0 aliphatic heterocycles. The van der Waals surface area contributed by atoms with Crippen LogP contribution in [0, 0.1) is 0 Å². The molecule has 1 aliphatic rings. The van der Waals surface area contributed by atoms with E-state index in [1.54, 1.807) is 0 Å². The Balaban J connectivity index is 1.59. The Morgan fingerprint density at radius 1 is 1.20 bits per heavy atom. The Hall–Kier alpha value is -1.29. The first-order chi connectivity index (χ1) is 9.81. The zero-order chi connectivity index (χ0) is 13.8. The van der Waals surface area contributed by atoms with Crippen LogP contribution >= 0.6 is 15.9 Å². The van der Waals surface area contributed by atoms with Gasteiger partial charge in [0.1, 0.15) is 0 Å². The van der Waals surface area contributed by atoms with Crippen LogP contribution < -0.4 is 5.32 Å². The highest BCUT2D eigenvalue weighted by molar-refractivity contribution is 9.10. The molecule has 1 aromatic heterocycles. The molecule has 0 spiro atoms. The summed E-state index contributed by atoms with van der Waals surface area (Å²) in [7, 11) is 0. The van der Waals surface area contributed by atoms with E-state index in [0.717, 1.165) is 22.4 Å². The van der Waals surface area contributed by atoms with Crippen LogP contribution in [0.25, 0.3) is 0 Å². The molecule has 1 aliphatic carbocycles. The average Bonchev–Trinajstić information content (AvgIpc) is 2.95. The van der Waals surface area contributed by atoms with E-state index in [2.05, 4.69) is 50.3 Å². The number of aromatic nitrogens is 2. The second-order valence-electron chi connectivity index (χ2n) is 5.44. The second-order valence-corrected chi connectivity index (χ2v) is 6.36. The number of nitrogens with zero attached hydrogens (tertiary/aromatic N) is 2. The lowest BCUT2D eigenvalue weighted by Gasteiger charge is -2.21. The van der Waals surface area contributed by atoms with E-state index in [1.165, 1.54) is 32.1 Å². The van der Waals surface area contributed by atoms with Crippen molar-refractivity contribution in [1.29, 1.82) is 0 Å². The summed E-state index contributed by atoms with van der Waals surface area (Å²) in [6, 6.07) is 11.0. The number of rotatable bonds is 4. The Morgan fingerprint density at radius 3 is 2.85 bits per heavy atom. The molecule has 106 valence electrons. The minimum atomic E-state index is 0.614. The van der Waals surface area contributed by atoms with Gasteiger partial charge in [-0.25, -0.2) is 0 Å². The number of nitrogens with one attached hydrogen (secondary N) is 1. The highest BCUT2D eigenvalue weighted by atomic mass is 79.9. The van der Waals surface area contributed by atoms with E-state index in [-0.39, 0.29) is 0 Å². The smallest absolute Gasteiger partial charge is 0.0815 e. The Labute approximate surface area is 128 Å². The molecule has 1 N–H and O–H groups in total. The van der Waals surface area contributed by atoms with E-state index >= 15 is 0 Å². The maximum absolute atomic E-state index is 4.71. The highest BCUT2D eigenvalue weighted by Gasteiger charge is 2.15. The van der Waals surface area contributed by atoms with Gasteiger partial charge >= 0.3 is 0 Å². The van der Waals surface area contributed by atoms with E-state index in [1.807, 2.05) is 12.1 Å². The molecule has 2 aromatic rings. The van der Waals surface area contributed by atoms with Crippen molar-refractivity contribution in [2.24, 2.45) is 0 Å². The first-order valence-electron chi connectivity index (χ1n) is 7.35. The molecule has 0 saturated heterocycles. The summed E-state index contributed by atoms with van der Waals surface area (Å²) in [5.41, 5.74) is 2.22. The molecular formula is C16H20BrN3. The molecule has 1 aromatic carbocycles. The molecule has 1 saturated carbocycles. The molecular weight excluding hydrogens is 314 g/mol. The first kappa shape index (κ1) is 13.7. The van der Waals surface area contributed by atoms with Gasteiger partial charge in [-0.2, -0.15) is 5.10 Å². The predicted molar refractivity (Wildman–Crippen MR) is 85.8 cm³/mol. The number of anilines is 1. The zero-order valence-corrected chi connectivity index (χ0v) is 13.1. The topological polar surface area (TPSA) is 29.9 Å². The quantitative estimate of drug-likeness (QED) is 0.873. The van der Waals surface area contributed by atoms with E-state index in [9.17, 15) is 0 Å². The lowest BCUT2D eigenvalue weighted by Crippen LogP contribution is -2.13. The summed E-state index contributed by atoms with van der Waals surface area (Å²) in [5.74, 6) is 0. The lowest BCUT2D eigenvalue weighted by atomic mass is 9.96. The molecule has 0 bridgehead atoms. The van der Waals surface area contributed by atoms with Crippen molar-refractivity contribution < 1.29 is 0 Å². The van der Waals surface area contributed by atoms with Gasteiger partial charge in [0, 0.05) is 16.4 Å². The minimum Gasteiger partial charge on any atom is -0.379 e. The molecule has 3 rings (SSSR count). The fourth-order valence-electron chi connectivity index (χ4n) is 2.81. The zero-order valence-electron chi connectivity index (χ0n) is 11.6. The van der Waals surface area contributed by atoms with Crippen molar-refractivity contribution in [3.63, 3.8) is 0 Å². The standard InChI is InChI=1S/C16H20BrN3/c17-13-5-4-6-14(11-13)18-12-15-9-10-20(19-15)16-7-2-1-3-8-16/h4-6,9-11,16,18H,1-3,7-8,12H2. The molecule has 20 heavy (non-hydrogen) atoms. The summed E-state index contributed by atoms with van der Waals surface area (Å²) < 4.78 is 3.26. The van der Waals surface area contributed by atoms with Gasteiger partial charge < -0.3 is 5.32 Å². The summed E-state index contributed by atoms with van der Waals surface area (Å²) in [6.45, 7) is 0.774. The highest BCUT2D eigenvalue weighted by Crippen LogP contribution is 2.27. The molecule has 1 heterocycles. The molecule has 1 fully saturated rings. The molecule has 0 atom stereocenters. The van der Waals surface area contributed by atoms with Crippen LogP contribution in [0.5, 0.6) is 0 Å². The summed E-state index contributed by atoms with van der Waals surface area (Å²) in [6.07, 6.45) is 8.76. The van der Waals surface area contributed by atoms with Crippen molar-refractivity contribution in [2.45, 2.75) is 44.7 Å². The average molecular weight is 334 g/mol. The van der Waals surface area contributed by atoms with Gasteiger partial charge in [-0.3, -0.25) is 4.68 Å². The Bertz CT molecular complexity index is 558. The van der Waals surface area contributed by atoms with Crippen LogP contribution in [0.2, 0.25) is 0 Å². The summed E-state index contributed by atoms with van der Waals surface area (Å²) in [5, 5.41) is 8.13. The van der Waals surface area contributed by atoms with Gasteiger partial charge in [0.25, 0.3) is 0 Å². The van der Waals surface area contributed by atoms with Gasteiger partial charge in [-0.1, -0.05) is 41.3 Å². The van der Waals surface area contributed by atoms with Crippen molar-refractivity contribution in [1.82, 2.24) is 9.78 Å². The van der Waals surface area contributed by atoms with Crippen LogP contribution in [-0.2, 0) is 6.54 Å². The Morgan fingerprint density at radius 2 is 2.05 bits per heavy atom. The number of hydrogen-bond donors (Lipinski definition) is 1. The molecule has 0 unspecified atom stereocenters. The van der Waals surface area contributed by atoms with Crippen LogP contribution in [-0.4, -0.2) is 9.78 Å². The number of hydrogen-bond acceptors (Lipinski definition) is 2. The molecule has 0 amide bonds. The normalized spacial score (nSPS) is 16.2. The monoisotopic (exact) mass is 333 g/mol. The van der Waals surface area contributed by atoms with Crippen LogP contribution in [0.4, 0.5) is 5.69 Å². The second kappa shape index (κ2) is 6.44. The Kier molecular flexibility index (Phi) is 4.41. The maximum atomic E-state index is 4.71. The molecule has 4 heteroatoms. The van der Waals surface area contributed by atoms with Crippen molar-refractivity contribution in [3.8, 4) is 0 Å². The summed E-state index contributed by atoms with van der Waals surface area (Å²) in [4.78, 5) is 0.